The molecule has 0 atom stereocenters. The van der Waals surface area contributed by atoms with Gasteiger partial charge in [-0.1, -0.05) is 81.5 Å². The third-order valence-corrected chi connectivity index (χ3v) is 16.0. The first kappa shape index (κ1) is 19.3. The van der Waals surface area contributed by atoms with Crippen LogP contribution < -0.4 is 0 Å². The number of hydrogen-bond acceptors (Lipinski definition) is 8. The van der Waals surface area contributed by atoms with E-state index in [1.807, 2.05) is 21.6 Å². The van der Waals surface area contributed by atoms with Gasteiger partial charge in [-0.2, -0.15) is 0 Å². The zero-order chi connectivity index (χ0) is 16.2. The molecule has 0 aromatic rings. The van der Waals surface area contributed by atoms with Crippen LogP contribution in [0.3, 0.4) is 0 Å². The fraction of sp³-hybridized carbons (Fsp3) is 0.625. The lowest BCUT2D eigenvalue weighted by Gasteiger charge is -2.05. The quantitative estimate of drug-likeness (QED) is 0.318. The highest BCUT2D eigenvalue weighted by molar-refractivity contribution is 8.81. The molecule has 0 spiro atoms. The lowest BCUT2D eigenvalue weighted by molar-refractivity contribution is 0.732. The molecule has 4 aliphatic heterocycles. The Morgan fingerprint density at radius 3 is 1.46 bits per heavy atom. The Hall–Kier alpha value is 2.02. The second kappa shape index (κ2) is 9.99. The van der Waals surface area contributed by atoms with E-state index in [2.05, 4.69) is 68.6 Å². The Labute approximate surface area is 178 Å². The highest BCUT2D eigenvalue weighted by Crippen LogP contribution is 2.66. The normalized spacial score (nSPS) is 30.0. The zero-order valence-electron chi connectivity index (χ0n) is 13.3. The first-order valence-corrected chi connectivity index (χ1v) is 16.3. The molecule has 0 amide bonds. The van der Waals surface area contributed by atoms with Crippen LogP contribution in [0.15, 0.2) is 26.8 Å². The summed E-state index contributed by atoms with van der Waals surface area (Å²) in [6, 6.07) is 0. The first-order chi connectivity index (χ1) is 11.9. The van der Waals surface area contributed by atoms with Gasteiger partial charge in [0.2, 0.25) is 0 Å². The fourth-order valence-electron chi connectivity index (χ4n) is 2.67. The molecule has 4 rings (SSSR count). The molecule has 0 aliphatic carbocycles. The molecule has 0 aromatic heterocycles. The van der Waals surface area contributed by atoms with E-state index in [1.54, 1.807) is 26.8 Å². The molecule has 0 nitrogen and oxygen atoms in total. The molecule has 0 saturated carbocycles. The van der Waals surface area contributed by atoms with Crippen molar-refractivity contribution >= 4 is 90.2 Å². The predicted molar refractivity (Wildman–Crippen MR) is 128 cm³/mol. The maximum atomic E-state index is 2.09. The largest absolute Gasteiger partial charge is 0.0884 e. The van der Waals surface area contributed by atoms with Gasteiger partial charge in [0.05, 0.1) is 16.9 Å². The monoisotopic (exact) mass is 468 g/mol. The summed E-state index contributed by atoms with van der Waals surface area (Å²) in [5, 5.41) is 0. The predicted octanol–water partition coefficient (Wildman–Crippen LogP) is 9.32. The van der Waals surface area contributed by atoms with Crippen molar-refractivity contribution in [3.8, 4) is 0 Å². The Morgan fingerprint density at radius 1 is 0.458 bits per heavy atom. The summed E-state index contributed by atoms with van der Waals surface area (Å²) in [7, 11) is 8.21. The molecule has 0 N–H and O–H groups in total. The Morgan fingerprint density at radius 2 is 0.958 bits per heavy atom. The average molecular weight is 469 g/mol. The number of thioether (sulfide) groups is 4. The van der Waals surface area contributed by atoms with Crippen molar-refractivity contribution in [2.75, 3.05) is 11.5 Å². The third kappa shape index (κ3) is 5.09. The lowest BCUT2D eigenvalue weighted by Crippen LogP contribution is -1.80. The van der Waals surface area contributed by atoms with Gasteiger partial charge in [0.1, 0.15) is 0 Å². The summed E-state index contributed by atoms with van der Waals surface area (Å²) in [4.78, 5) is 3.31. The number of rotatable bonds is 0. The highest BCUT2D eigenvalue weighted by atomic mass is 33.1. The van der Waals surface area contributed by atoms with Crippen molar-refractivity contribution in [1.82, 2.24) is 0 Å². The van der Waals surface area contributed by atoms with E-state index in [0.29, 0.717) is 0 Å². The van der Waals surface area contributed by atoms with Gasteiger partial charge in [0, 0.05) is 21.3 Å². The van der Waals surface area contributed by atoms with E-state index in [-0.39, 0.29) is 0 Å². The van der Waals surface area contributed by atoms with Gasteiger partial charge in [-0.3, -0.25) is 0 Å². The zero-order valence-corrected chi connectivity index (χ0v) is 19.9. The van der Waals surface area contributed by atoms with Gasteiger partial charge in [0.15, 0.2) is 0 Å². The van der Waals surface area contributed by atoms with Crippen molar-refractivity contribution in [1.29, 1.82) is 0 Å². The van der Waals surface area contributed by atoms with E-state index >= 15 is 0 Å². The maximum absolute atomic E-state index is 2.09. The maximum Gasteiger partial charge on any atom is 0.0709 e. The van der Waals surface area contributed by atoms with Gasteiger partial charge in [-0.25, -0.2) is 0 Å². The fourth-order valence-corrected chi connectivity index (χ4v) is 15.1. The van der Waals surface area contributed by atoms with Crippen LogP contribution in [0.4, 0.5) is 0 Å². The Bertz CT molecular complexity index is 483. The molecule has 24 heavy (non-hydrogen) atoms. The molecular weight excluding hydrogens is 449 g/mol. The van der Waals surface area contributed by atoms with Crippen LogP contribution in [0.2, 0.25) is 0 Å². The molecule has 132 valence electrons. The smallest absolute Gasteiger partial charge is 0.0709 e. The van der Waals surface area contributed by atoms with E-state index < -0.39 is 0 Å². The van der Waals surface area contributed by atoms with E-state index in [1.165, 1.54) is 62.9 Å². The first-order valence-electron chi connectivity index (χ1n) is 8.41. The third-order valence-electron chi connectivity index (χ3n) is 3.96. The SMILES string of the molecule is C1CCSSC2=C(CC1)S/C(=C1\SC3=C(SSCCCCC3)S1)S2. The topological polar surface area (TPSA) is 0 Å². The average Bonchev–Trinajstić information content (AvgIpc) is 3.19. The minimum absolute atomic E-state index is 1.30. The van der Waals surface area contributed by atoms with Gasteiger partial charge in [0.25, 0.3) is 0 Å². The molecule has 4 heterocycles. The molecule has 8 heteroatoms. The molecule has 0 radical (unpaired) electrons. The van der Waals surface area contributed by atoms with Crippen molar-refractivity contribution in [3.63, 3.8) is 0 Å². The van der Waals surface area contributed by atoms with E-state index in [4.69, 9.17) is 0 Å². The molecule has 0 bridgehead atoms. The van der Waals surface area contributed by atoms with Crippen LogP contribution in [-0.4, -0.2) is 11.5 Å². The van der Waals surface area contributed by atoms with Crippen LogP contribution in [0.1, 0.15) is 51.4 Å². The second-order valence-electron chi connectivity index (χ2n) is 5.84. The van der Waals surface area contributed by atoms with Crippen LogP contribution in [0.5, 0.6) is 0 Å². The lowest BCUT2D eigenvalue weighted by atomic mass is 10.2. The van der Waals surface area contributed by atoms with Crippen molar-refractivity contribution < 1.29 is 0 Å². The Balaban J connectivity index is 1.45. The van der Waals surface area contributed by atoms with Gasteiger partial charge >= 0.3 is 0 Å². The van der Waals surface area contributed by atoms with Crippen molar-refractivity contribution in [2.24, 2.45) is 0 Å². The molecule has 0 aromatic carbocycles. The van der Waals surface area contributed by atoms with Crippen LogP contribution in [-0.2, 0) is 0 Å². The van der Waals surface area contributed by atoms with Gasteiger partial charge in [-0.05, 0) is 60.1 Å². The molecule has 0 saturated heterocycles. The van der Waals surface area contributed by atoms with Crippen LogP contribution >= 0.6 is 90.2 Å². The molecule has 0 unspecified atom stereocenters. The minimum atomic E-state index is 1.30. The summed E-state index contributed by atoms with van der Waals surface area (Å²) >= 11 is 8.30. The molecule has 4 aliphatic rings. The second-order valence-corrected chi connectivity index (χ2v) is 16.0. The highest BCUT2D eigenvalue weighted by Gasteiger charge is 2.30. The van der Waals surface area contributed by atoms with Crippen molar-refractivity contribution in [3.05, 3.63) is 26.8 Å². The molecule has 0 fully saturated rings. The van der Waals surface area contributed by atoms with E-state index in [9.17, 15) is 0 Å². The summed E-state index contributed by atoms with van der Waals surface area (Å²) in [5.74, 6) is 2.62. The summed E-state index contributed by atoms with van der Waals surface area (Å²) in [6.07, 6.45) is 10.9. The van der Waals surface area contributed by atoms with Crippen LogP contribution in [0, 0.1) is 0 Å². The summed E-state index contributed by atoms with van der Waals surface area (Å²) in [5.41, 5.74) is 0. The Kier molecular flexibility index (Phi) is 8.05. The molecular formula is C16H20S8. The van der Waals surface area contributed by atoms with Gasteiger partial charge < -0.3 is 0 Å². The minimum Gasteiger partial charge on any atom is -0.0884 e. The summed E-state index contributed by atoms with van der Waals surface area (Å²) in [6.45, 7) is 0. The summed E-state index contributed by atoms with van der Waals surface area (Å²) < 4.78 is 6.32. The van der Waals surface area contributed by atoms with Gasteiger partial charge in [-0.15, -0.1) is 0 Å². The van der Waals surface area contributed by atoms with E-state index in [0.717, 1.165) is 0 Å². The standard InChI is InChI=1S/C16H20S8/c1-3-7-11-13(23-17-9-5-1)21-15(19-11)16-20-12-8-4-2-6-10-18-24-14(12)22-16/h1-10H2/b16-15-. The number of hydrogen-bond donors (Lipinski definition) is 0. The number of allylic oxidation sites excluding steroid dienone is 2. The van der Waals surface area contributed by atoms with Crippen molar-refractivity contribution in [2.45, 2.75) is 51.4 Å². The van der Waals surface area contributed by atoms with Crippen LogP contribution in [0.25, 0.3) is 0 Å².